The number of guanidine groups is 1. The van der Waals surface area contributed by atoms with E-state index in [1.165, 1.54) is 38.5 Å². The molecule has 1 saturated heterocycles. The molecular weight excluding hydrogens is 315 g/mol. The van der Waals surface area contributed by atoms with Crippen molar-refractivity contribution >= 4 is 5.96 Å². The van der Waals surface area contributed by atoms with Crippen molar-refractivity contribution < 1.29 is 4.39 Å². The van der Waals surface area contributed by atoms with Gasteiger partial charge < -0.3 is 15.1 Å². The van der Waals surface area contributed by atoms with Crippen molar-refractivity contribution in [3.8, 4) is 0 Å². The van der Waals surface area contributed by atoms with Crippen LogP contribution in [-0.4, -0.2) is 55.5 Å². The van der Waals surface area contributed by atoms with E-state index in [0.29, 0.717) is 6.54 Å². The third-order valence-electron chi connectivity index (χ3n) is 4.96. The maximum Gasteiger partial charge on any atom is 0.193 e. The van der Waals surface area contributed by atoms with E-state index in [0.717, 1.165) is 37.0 Å². The van der Waals surface area contributed by atoms with Crippen molar-refractivity contribution in [2.24, 2.45) is 10.9 Å². The second-order valence-electron chi connectivity index (χ2n) is 6.89. The van der Waals surface area contributed by atoms with Crippen LogP contribution in [0.5, 0.6) is 0 Å². The fraction of sp³-hybridized carbons (Fsp3) is 0.650. The van der Waals surface area contributed by atoms with Crippen LogP contribution >= 0.6 is 0 Å². The summed E-state index contributed by atoms with van der Waals surface area (Å²) < 4.78 is 13.4. The molecule has 25 heavy (non-hydrogen) atoms. The summed E-state index contributed by atoms with van der Waals surface area (Å²) in [5.74, 6) is 1.51. The summed E-state index contributed by atoms with van der Waals surface area (Å²) >= 11 is 0. The molecule has 0 aliphatic carbocycles. The molecule has 1 heterocycles. The molecule has 0 atom stereocenters. The zero-order chi connectivity index (χ0) is 18.1. The van der Waals surface area contributed by atoms with Gasteiger partial charge >= 0.3 is 0 Å². The van der Waals surface area contributed by atoms with Crippen LogP contribution in [-0.2, 0) is 6.54 Å². The lowest BCUT2D eigenvalue weighted by molar-refractivity contribution is 0.188. The molecule has 0 saturated carbocycles. The fourth-order valence-electron chi connectivity index (χ4n) is 3.40. The van der Waals surface area contributed by atoms with Gasteiger partial charge in [0.2, 0.25) is 0 Å². The molecule has 0 unspecified atom stereocenters. The monoisotopic (exact) mass is 348 g/mol. The number of nitrogens with zero attached hydrogens (tertiary/aromatic N) is 3. The summed E-state index contributed by atoms with van der Waals surface area (Å²) in [7, 11) is 2.01. The number of hydrogen-bond acceptors (Lipinski definition) is 2. The number of piperidine rings is 1. The van der Waals surface area contributed by atoms with Crippen LogP contribution in [0.2, 0.25) is 0 Å². The van der Waals surface area contributed by atoms with Crippen molar-refractivity contribution in [2.45, 2.75) is 39.7 Å². The van der Waals surface area contributed by atoms with Gasteiger partial charge in [0.25, 0.3) is 0 Å². The normalized spacial score (nSPS) is 16.9. The van der Waals surface area contributed by atoms with E-state index < -0.39 is 0 Å². The molecule has 0 bridgehead atoms. The van der Waals surface area contributed by atoms with Crippen molar-refractivity contribution in [1.29, 1.82) is 0 Å². The molecule has 1 fully saturated rings. The number of halogens is 1. The predicted octanol–water partition coefficient (Wildman–Crippen LogP) is 3.35. The third kappa shape index (κ3) is 6.65. The molecule has 1 aliphatic rings. The average molecular weight is 349 g/mol. The van der Waals surface area contributed by atoms with Crippen LogP contribution in [0.4, 0.5) is 4.39 Å². The third-order valence-corrected chi connectivity index (χ3v) is 4.96. The molecule has 1 N–H and O–H groups in total. The number of benzene rings is 1. The summed E-state index contributed by atoms with van der Waals surface area (Å²) in [6.07, 6.45) is 3.73. The summed E-state index contributed by atoms with van der Waals surface area (Å²) in [5, 5.41) is 3.35. The molecule has 1 aromatic carbocycles. The minimum atomic E-state index is -0.189. The average Bonchev–Trinajstić information content (AvgIpc) is 2.61. The van der Waals surface area contributed by atoms with E-state index in [1.807, 2.05) is 13.1 Å². The molecule has 1 aliphatic heterocycles. The lowest BCUT2D eigenvalue weighted by Crippen LogP contribution is -2.38. The van der Waals surface area contributed by atoms with Crippen molar-refractivity contribution in [3.05, 3.63) is 35.6 Å². The van der Waals surface area contributed by atoms with Crippen molar-refractivity contribution in [1.82, 2.24) is 15.1 Å². The largest absolute Gasteiger partial charge is 0.357 e. The van der Waals surface area contributed by atoms with Crippen LogP contribution in [0, 0.1) is 11.7 Å². The first-order valence-corrected chi connectivity index (χ1v) is 9.58. The Hall–Kier alpha value is -1.62. The van der Waals surface area contributed by atoms with E-state index in [-0.39, 0.29) is 5.82 Å². The number of rotatable bonds is 7. The minimum absolute atomic E-state index is 0.189. The van der Waals surface area contributed by atoms with E-state index in [1.54, 1.807) is 12.1 Å². The predicted molar refractivity (Wildman–Crippen MR) is 103 cm³/mol. The highest BCUT2D eigenvalue weighted by Crippen LogP contribution is 2.20. The maximum absolute atomic E-state index is 13.4. The van der Waals surface area contributed by atoms with Crippen LogP contribution in [0.3, 0.4) is 0 Å². The molecule has 140 valence electrons. The van der Waals surface area contributed by atoms with Gasteiger partial charge in [-0.25, -0.2) is 4.39 Å². The quantitative estimate of drug-likeness (QED) is 0.606. The van der Waals surface area contributed by atoms with Crippen molar-refractivity contribution in [2.75, 3.05) is 39.8 Å². The Kier molecular flexibility index (Phi) is 8.19. The second kappa shape index (κ2) is 10.4. The maximum atomic E-state index is 13.4. The summed E-state index contributed by atoms with van der Waals surface area (Å²) in [4.78, 5) is 9.38. The lowest BCUT2D eigenvalue weighted by Gasteiger charge is -2.30. The topological polar surface area (TPSA) is 30.9 Å². The van der Waals surface area contributed by atoms with E-state index in [9.17, 15) is 4.39 Å². The first-order chi connectivity index (χ1) is 12.1. The molecular formula is C20H33FN4. The van der Waals surface area contributed by atoms with Gasteiger partial charge in [-0.3, -0.25) is 4.99 Å². The first-order valence-electron chi connectivity index (χ1n) is 9.58. The Morgan fingerprint density at radius 1 is 1.32 bits per heavy atom. The van der Waals surface area contributed by atoms with Gasteiger partial charge in [0.05, 0.1) is 0 Å². The Balaban J connectivity index is 1.84. The smallest absolute Gasteiger partial charge is 0.193 e. The summed E-state index contributed by atoms with van der Waals surface area (Å²) in [6, 6.07) is 6.77. The molecule has 1 aromatic rings. The number of hydrogen-bond donors (Lipinski definition) is 1. The van der Waals surface area contributed by atoms with Gasteiger partial charge in [-0.2, -0.15) is 0 Å². The summed E-state index contributed by atoms with van der Waals surface area (Å²) in [5.41, 5.74) is 0.958. The highest BCUT2D eigenvalue weighted by molar-refractivity contribution is 5.79. The SMILES string of the molecule is CCNC(=NCCC1CCN(CC)CC1)N(C)Cc1cccc(F)c1. The molecule has 0 radical (unpaired) electrons. The molecule has 2 rings (SSSR count). The lowest BCUT2D eigenvalue weighted by atomic mass is 9.94. The van der Waals surface area contributed by atoms with Gasteiger partial charge in [-0.1, -0.05) is 19.1 Å². The van der Waals surface area contributed by atoms with Crippen LogP contribution in [0.1, 0.15) is 38.7 Å². The molecule has 0 aromatic heterocycles. The molecule has 4 nitrogen and oxygen atoms in total. The van der Waals surface area contributed by atoms with Crippen molar-refractivity contribution in [3.63, 3.8) is 0 Å². The van der Waals surface area contributed by atoms with E-state index in [4.69, 9.17) is 4.99 Å². The molecule has 0 amide bonds. The Bertz CT molecular complexity index is 538. The number of likely N-dealkylation sites (tertiary alicyclic amines) is 1. The van der Waals surface area contributed by atoms with Gasteiger partial charge in [-0.05, 0) is 69.4 Å². The fourth-order valence-corrected chi connectivity index (χ4v) is 3.40. The Morgan fingerprint density at radius 3 is 2.72 bits per heavy atom. The zero-order valence-corrected chi connectivity index (χ0v) is 16.0. The minimum Gasteiger partial charge on any atom is -0.357 e. The van der Waals surface area contributed by atoms with Gasteiger partial charge in [0, 0.05) is 26.7 Å². The standard InChI is InChI=1S/C20H33FN4/c1-4-22-20(24(3)16-18-7-6-8-19(21)15-18)23-12-9-17-10-13-25(5-2)14-11-17/h6-8,15,17H,4-5,9-14,16H2,1-3H3,(H,22,23). The highest BCUT2D eigenvalue weighted by Gasteiger charge is 2.17. The van der Waals surface area contributed by atoms with E-state index in [2.05, 4.69) is 29.0 Å². The molecule has 5 heteroatoms. The number of aliphatic imine (C=N–C) groups is 1. The first kappa shape index (κ1) is 19.7. The van der Waals surface area contributed by atoms with Crippen LogP contribution < -0.4 is 5.32 Å². The Labute approximate surface area is 152 Å². The van der Waals surface area contributed by atoms with Gasteiger partial charge in [-0.15, -0.1) is 0 Å². The van der Waals surface area contributed by atoms with Gasteiger partial charge in [0.1, 0.15) is 5.82 Å². The van der Waals surface area contributed by atoms with Crippen LogP contribution in [0.25, 0.3) is 0 Å². The second-order valence-corrected chi connectivity index (χ2v) is 6.89. The molecule has 0 spiro atoms. The van der Waals surface area contributed by atoms with Crippen LogP contribution in [0.15, 0.2) is 29.3 Å². The highest BCUT2D eigenvalue weighted by atomic mass is 19.1. The van der Waals surface area contributed by atoms with E-state index >= 15 is 0 Å². The summed E-state index contributed by atoms with van der Waals surface area (Å²) in [6.45, 7) is 10.3. The Morgan fingerprint density at radius 2 is 2.08 bits per heavy atom. The zero-order valence-electron chi connectivity index (χ0n) is 16.0. The van der Waals surface area contributed by atoms with Gasteiger partial charge in [0.15, 0.2) is 5.96 Å². The number of nitrogens with one attached hydrogen (secondary N) is 1.